The van der Waals surface area contributed by atoms with Gasteiger partial charge in [0.1, 0.15) is 6.61 Å². The molecule has 0 aliphatic carbocycles. The second-order valence-corrected chi connectivity index (χ2v) is 15.0. The summed E-state index contributed by atoms with van der Waals surface area (Å²) in [6.45, 7) is 3.58. The SMILES string of the molecule is CCCCCCCCCC/C=C/CCCCCC(=O)OC[C@H](COP(=O)(O)OCCN)OC(=O)/C=C/C=C/CCCCCCCCCCCCC. The Morgan fingerprint density at radius 1 is 0.627 bits per heavy atom. The van der Waals surface area contributed by atoms with E-state index in [0.717, 1.165) is 38.5 Å². The quantitative estimate of drug-likeness (QED) is 0.0158. The fraction of sp³-hybridized carbons (Fsp3) is 0.805. The maximum atomic E-state index is 12.4. The Balaban J connectivity index is 4.31. The van der Waals surface area contributed by atoms with Gasteiger partial charge in [-0.1, -0.05) is 160 Å². The number of phosphoric acid groups is 1. The van der Waals surface area contributed by atoms with Crippen molar-refractivity contribution in [2.75, 3.05) is 26.4 Å². The standard InChI is InChI=1S/C41H76NO8P/c1-3-5-7-9-11-13-15-17-19-21-23-25-27-29-31-33-40(43)47-37-39(38-49-51(45,46)48-36-35-42)50-41(44)34-32-30-28-26-24-22-20-18-16-14-12-10-8-6-4-2/h21,23,28,30,32,34,39H,3-20,22,24-27,29,31,33,35-38,42H2,1-2H3,(H,45,46)/b23-21+,30-28+,34-32+/t39-/m1/s1. The van der Waals surface area contributed by atoms with Crippen LogP contribution in [0, 0.1) is 0 Å². The minimum atomic E-state index is -4.40. The number of carbonyl (C=O) groups is 2. The van der Waals surface area contributed by atoms with Crippen LogP contribution in [0.5, 0.6) is 0 Å². The molecule has 0 aliphatic heterocycles. The van der Waals surface area contributed by atoms with Crippen LogP contribution >= 0.6 is 7.82 Å². The summed E-state index contributed by atoms with van der Waals surface area (Å²) < 4.78 is 32.5. The largest absolute Gasteiger partial charge is 0.472 e. The van der Waals surface area contributed by atoms with Gasteiger partial charge < -0.3 is 20.1 Å². The summed E-state index contributed by atoms with van der Waals surface area (Å²) in [6.07, 6.45) is 40.9. The van der Waals surface area contributed by atoms with Crippen molar-refractivity contribution in [2.45, 2.75) is 187 Å². The van der Waals surface area contributed by atoms with Gasteiger partial charge in [0, 0.05) is 19.0 Å². The van der Waals surface area contributed by atoms with Crippen LogP contribution in [-0.4, -0.2) is 49.3 Å². The molecule has 0 saturated heterocycles. The van der Waals surface area contributed by atoms with Gasteiger partial charge in [-0.15, -0.1) is 0 Å². The molecule has 0 aromatic heterocycles. The van der Waals surface area contributed by atoms with E-state index in [-0.39, 0.29) is 26.2 Å². The van der Waals surface area contributed by atoms with Gasteiger partial charge in [-0.3, -0.25) is 13.8 Å². The van der Waals surface area contributed by atoms with Crippen molar-refractivity contribution in [3.8, 4) is 0 Å². The lowest BCUT2D eigenvalue weighted by Gasteiger charge is -2.19. The van der Waals surface area contributed by atoms with E-state index in [1.54, 1.807) is 12.2 Å². The number of rotatable bonds is 38. The molecule has 51 heavy (non-hydrogen) atoms. The Hall–Kier alpha value is -1.77. The molecular weight excluding hydrogens is 665 g/mol. The first-order chi connectivity index (χ1) is 24.8. The second kappa shape index (κ2) is 38.0. The molecule has 0 amide bonds. The first-order valence-electron chi connectivity index (χ1n) is 20.5. The van der Waals surface area contributed by atoms with E-state index < -0.39 is 32.5 Å². The van der Waals surface area contributed by atoms with Gasteiger partial charge in [0.25, 0.3) is 0 Å². The maximum absolute atomic E-state index is 12.4. The minimum Gasteiger partial charge on any atom is -0.462 e. The smallest absolute Gasteiger partial charge is 0.462 e. The molecule has 0 aromatic carbocycles. The van der Waals surface area contributed by atoms with Crippen molar-refractivity contribution in [1.29, 1.82) is 0 Å². The Morgan fingerprint density at radius 2 is 1.10 bits per heavy atom. The summed E-state index contributed by atoms with van der Waals surface area (Å²) in [6, 6.07) is 0. The van der Waals surface area contributed by atoms with E-state index in [2.05, 4.69) is 26.0 Å². The molecule has 10 heteroatoms. The van der Waals surface area contributed by atoms with Crippen LogP contribution in [0.4, 0.5) is 0 Å². The van der Waals surface area contributed by atoms with Crippen molar-refractivity contribution in [3.05, 3.63) is 36.5 Å². The Kier molecular flexibility index (Phi) is 36.7. The van der Waals surface area contributed by atoms with Gasteiger partial charge in [-0.2, -0.15) is 0 Å². The molecule has 0 rings (SSSR count). The number of ether oxygens (including phenoxy) is 2. The van der Waals surface area contributed by atoms with Crippen LogP contribution in [0.3, 0.4) is 0 Å². The predicted octanol–water partition coefficient (Wildman–Crippen LogP) is 11.4. The third-order valence-electron chi connectivity index (χ3n) is 8.61. The first-order valence-corrected chi connectivity index (χ1v) is 22.0. The number of nitrogens with two attached hydrogens (primary N) is 1. The third-order valence-corrected chi connectivity index (χ3v) is 9.59. The van der Waals surface area contributed by atoms with E-state index in [0.29, 0.717) is 6.42 Å². The van der Waals surface area contributed by atoms with Crippen molar-refractivity contribution < 1.29 is 37.6 Å². The topological polar surface area (TPSA) is 134 Å². The van der Waals surface area contributed by atoms with E-state index in [1.807, 2.05) is 6.08 Å². The minimum absolute atomic E-state index is 0.0388. The fourth-order valence-corrected chi connectivity index (χ4v) is 6.30. The lowest BCUT2D eigenvalue weighted by Crippen LogP contribution is -2.29. The Morgan fingerprint density at radius 3 is 1.61 bits per heavy atom. The summed E-state index contributed by atoms with van der Waals surface area (Å²) in [5.41, 5.74) is 5.33. The third kappa shape index (κ3) is 37.8. The molecule has 0 heterocycles. The molecule has 0 bridgehead atoms. The number of esters is 2. The van der Waals surface area contributed by atoms with Gasteiger partial charge in [0.15, 0.2) is 6.10 Å². The average molecular weight is 742 g/mol. The molecule has 298 valence electrons. The zero-order valence-electron chi connectivity index (χ0n) is 32.6. The van der Waals surface area contributed by atoms with Crippen LogP contribution in [0.15, 0.2) is 36.5 Å². The zero-order valence-corrected chi connectivity index (χ0v) is 33.5. The number of hydrogen-bond donors (Lipinski definition) is 2. The molecule has 0 spiro atoms. The molecule has 1 unspecified atom stereocenters. The summed E-state index contributed by atoms with van der Waals surface area (Å²) in [4.78, 5) is 34.6. The van der Waals surface area contributed by atoms with Crippen molar-refractivity contribution >= 4 is 19.8 Å². The molecule has 0 radical (unpaired) electrons. The summed E-state index contributed by atoms with van der Waals surface area (Å²) in [7, 11) is -4.40. The lowest BCUT2D eigenvalue weighted by atomic mass is 10.1. The van der Waals surface area contributed by atoms with E-state index in [1.165, 1.54) is 122 Å². The molecule has 2 atom stereocenters. The summed E-state index contributed by atoms with van der Waals surface area (Å²) in [5.74, 6) is -1.10. The summed E-state index contributed by atoms with van der Waals surface area (Å²) >= 11 is 0. The number of hydrogen-bond acceptors (Lipinski definition) is 8. The highest BCUT2D eigenvalue weighted by atomic mass is 31.2. The average Bonchev–Trinajstić information content (AvgIpc) is 3.11. The number of carbonyl (C=O) groups excluding carboxylic acids is 2. The number of phosphoric ester groups is 1. The van der Waals surface area contributed by atoms with Crippen molar-refractivity contribution in [1.82, 2.24) is 0 Å². The Labute approximate surface area is 312 Å². The molecule has 9 nitrogen and oxygen atoms in total. The molecule has 0 saturated carbocycles. The van der Waals surface area contributed by atoms with Crippen LogP contribution in [0.25, 0.3) is 0 Å². The second-order valence-electron chi connectivity index (χ2n) is 13.6. The fourth-order valence-electron chi connectivity index (χ4n) is 5.54. The number of allylic oxidation sites excluding steroid dienone is 5. The number of unbranched alkanes of at least 4 members (excludes halogenated alkanes) is 22. The van der Waals surface area contributed by atoms with E-state index in [9.17, 15) is 19.0 Å². The monoisotopic (exact) mass is 742 g/mol. The van der Waals surface area contributed by atoms with Gasteiger partial charge in [-0.05, 0) is 44.9 Å². The van der Waals surface area contributed by atoms with Crippen molar-refractivity contribution in [2.24, 2.45) is 5.73 Å². The highest BCUT2D eigenvalue weighted by Gasteiger charge is 2.25. The van der Waals surface area contributed by atoms with Gasteiger partial charge in [-0.25, -0.2) is 9.36 Å². The van der Waals surface area contributed by atoms with Gasteiger partial charge in [0.05, 0.1) is 13.2 Å². The highest BCUT2D eigenvalue weighted by Crippen LogP contribution is 2.43. The predicted molar refractivity (Wildman–Crippen MR) is 210 cm³/mol. The maximum Gasteiger partial charge on any atom is 0.472 e. The van der Waals surface area contributed by atoms with Crippen LogP contribution in [0.2, 0.25) is 0 Å². The Bertz CT molecular complexity index is 939. The molecule has 3 N–H and O–H groups in total. The summed E-state index contributed by atoms with van der Waals surface area (Å²) in [5, 5.41) is 0. The molecule has 0 aromatic rings. The van der Waals surface area contributed by atoms with Crippen LogP contribution in [-0.2, 0) is 32.7 Å². The zero-order chi connectivity index (χ0) is 37.5. The van der Waals surface area contributed by atoms with Gasteiger partial charge in [0.2, 0.25) is 0 Å². The van der Waals surface area contributed by atoms with Crippen LogP contribution in [0.1, 0.15) is 181 Å². The van der Waals surface area contributed by atoms with E-state index in [4.69, 9.17) is 24.3 Å². The molecule has 0 fully saturated rings. The lowest BCUT2D eigenvalue weighted by molar-refractivity contribution is -0.157. The van der Waals surface area contributed by atoms with Crippen molar-refractivity contribution in [3.63, 3.8) is 0 Å². The highest BCUT2D eigenvalue weighted by molar-refractivity contribution is 7.47. The first kappa shape index (κ1) is 49.2. The molecule has 0 aliphatic rings. The normalized spacial score (nSPS) is 13.7. The van der Waals surface area contributed by atoms with E-state index >= 15 is 0 Å². The van der Waals surface area contributed by atoms with Crippen LogP contribution < -0.4 is 5.73 Å². The van der Waals surface area contributed by atoms with Gasteiger partial charge >= 0.3 is 19.8 Å². The molecular formula is C41H76NO8P.